The third-order valence-electron chi connectivity index (χ3n) is 12.7. The summed E-state index contributed by atoms with van der Waals surface area (Å²) in [5, 5.41) is 0. The Morgan fingerprint density at radius 2 is 0.519 bits per heavy atom. The number of fused-ring (bicyclic) bond motifs is 4. The molecular weight excluding hydrogens is 1060 g/mol. The summed E-state index contributed by atoms with van der Waals surface area (Å²) in [5.74, 6) is -1.34. The van der Waals surface area contributed by atoms with Gasteiger partial charge in [-0.15, -0.1) is 0 Å². The van der Waals surface area contributed by atoms with Gasteiger partial charge in [0.2, 0.25) is 0 Å². The average molecular weight is 1120 g/mol. The first-order valence-corrected chi connectivity index (χ1v) is 46.2. The Labute approximate surface area is 356 Å². The largest absolute Gasteiger partial charge is 1.00 e. The van der Waals surface area contributed by atoms with Gasteiger partial charge in [-0.2, -0.15) is 0 Å². The molecule has 6 heteroatoms. The van der Waals surface area contributed by atoms with Crippen molar-refractivity contribution >= 4 is 36.3 Å². The van der Waals surface area contributed by atoms with Crippen LogP contribution in [0.1, 0.15) is 104 Å². The van der Waals surface area contributed by atoms with E-state index in [1.807, 2.05) is 0 Å². The average Bonchev–Trinajstić information content (AvgIpc) is 3.92. The summed E-state index contributed by atoms with van der Waals surface area (Å²) >= 11 is -3.90. The fourth-order valence-electron chi connectivity index (χ4n) is 10.0. The number of hydrogen-bond donors (Lipinski definition) is 0. The van der Waals surface area contributed by atoms with Gasteiger partial charge in [0.05, 0.1) is 0 Å². The van der Waals surface area contributed by atoms with E-state index in [9.17, 15) is 0 Å². The zero-order valence-electron chi connectivity index (χ0n) is 34.5. The van der Waals surface area contributed by atoms with Crippen LogP contribution in [-0.4, -0.2) is 12.0 Å². The van der Waals surface area contributed by atoms with Crippen LogP contribution in [-0.2, 0) is 41.2 Å². The summed E-state index contributed by atoms with van der Waals surface area (Å²) in [7, 11) is 0. The van der Waals surface area contributed by atoms with Gasteiger partial charge in [0.1, 0.15) is 0 Å². The van der Waals surface area contributed by atoms with Gasteiger partial charge in [0, 0.05) is 0 Å². The maximum Gasteiger partial charge on any atom is -1.00 e. The molecule has 4 atom stereocenters. The first-order chi connectivity index (χ1) is 24.8. The molecule has 8 rings (SSSR count). The summed E-state index contributed by atoms with van der Waals surface area (Å²) in [6.45, 7) is 29.0. The standard InChI is InChI=1S/4C11H11.2C2H7Si.2ClH.2Hf/c4*1-8-6-7-9(2)11-5-3-4-10(8)11;2*1-3-2;;;;/h4*3-7H,1-2H3;2*3H,1-2H3;2*1H;;/q;;;;;;;;2*+1/p-2. The number of rotatable bonds is 6. The molecule has 0 fully saturated rings. The van der Waals surface area contributed by atoms with E-state index < -0.39 is 53.2 Å². The minimum atomic E-state index is -1.95. The molecule has 4 aromatic rings. The van der Waals surface area contributed by atoms with Crippen LogP contribution in [0.3, 0.4) is 0 Å². The fraction of sp³-hybridized carbons (Fsp3) is 0.333. The van der Waals surface area contributed by atoms with Crippen molar-refractivity contribution in [2.45, 2.75) is 96.3 Å². The molecule has 280 valence electrons. The molecule has 0 saturated heterocycles. The molecule has 0 N–H and O–H groups in total. The van der Waals surface area contributed by atoms with E-state index in [1.54, 1.807) is 22.3 Å². The third-order valence-corrected chi connectivity index (χ3v) is 73.1. The minimum absolute atomic E-state index is 0. The van der Waals surface area contributed by atoms with E-state index in [-0.39, 0.29) is 24.8 Å². The maximum absolute atomic E-state index is 2.63. The minimum Gasteiger partial charge on any atom is -1.00 e. The van der Waals surface area contributed by atoms with Gasteiger partial charge in [-0.05, 0) is 0 Å². The van der Waals surface area contributed by atoms with Crippen molar-refractivity contribution in [1.29, 1.82) is 0 Å². The van der Waals surface area contributed by atoms with Gasteiger partial charge in [0.15, 0.2) is 0 Å². The van der Waals surface area contributed by atoms with Gasteiger partial charge in [-0.3, -0.25) is 0 Å². The van der Waals surface area contributed by atoms with Crippen molar-refractivity contribution in [1.82, 2.24) is 0 Å². The fourth-order valence-corrected chi connectivity index (χ4v) is 70.6. The molecule has 0 aliphatic heterocycles. The van der Waals surface area contributed by atoms with Crippen molar-refractivity contribution in [3.8, 4) is 0 Å². The van der Waals surface area contributed by atoms with E-state index in [4.69, 9.17) is 0 Å². The molecule has 0 saturated carbocycles. The van der Waals surface area contributed by atoms with E-state index in [0.29, 0.717) is 0 Å². The van der Waals surface area contributed by atoms with Gasteiger partial charge in [-0.25, -0.2) is 0 Å². The van der Waals surface area contributed by atoms with Crippen LogP contribution in [0.15, 0.2) is 72.8 Å². The quantitative estimate of drug-likeness (QED) is 0.189. The molecule has 54 heavy (non-hydrogen) atoms. The first kappa shape index (κ1) is 43.7. The number of halogens is 2. The molecule has 4 aliphatic carbocycles. The monoisotopic (exact) mass is 1120 g/mol. The van der Waals surface area contributed by atoms with Crippen LogP contribution in [0.2, 0.25) is 26.2 Å². The Balaban J connectivity index is 0.000000200. The van der Waals surface area contributed by atoms with Crippen LogP contribution in [0.4, 0.5) is 0 Å². The van der Waals surface area contributed by atoms with Gasteiger partial charge < -0.3 is 24.8 Å². The second-order valence-electron chi connectivity index (χ2n) is 16.8. The number of allylic oxidation sites excluding steroid dienone is 4. The van der Waals surface area contributed by atoms with Crippen molar-refractivity contribution in [2.24, 2.45) is 0 Å². The number of aryl methyl sites for hydroxylation is 8. The van der Waals surface area contributed by atoms with Crippen molar-refractivity contribution < 1.29 is 66.0 Å². The van der Waals surface area contributed by atoms with Crippen molar-refractivity contribution in [2.75, 3.05) is 0 Å². The molecule has 0 amide bonds. The van der Waals surface area contributed by atoms with Crippen LogP contribution >= 0.6 is 0 Å². The Morgan fingerprint density at radius 1 is 0.333 bits per heavy atom. The topological polar surface area (TPSA) is 0 Å². The van der Waals surface area contributed by atoms with Crippen LogP contribution in [0.5, 0.6) is 0 Å². The van der Waals surface area contributed by atoms with Crippen molar-refractivity contribution in [3.63, 3.8) is 0 Å². The van der Waals surface area contributed by atoms with Crippen LogP contribution < -0.4 is 24.8 Å². The number of hydrogen-bond acceptors (Lipinski definition) is 0. The van der Waals surface area contributed by atoms with E-state index >= 15 is 0 Å². The molecule has 4 aromatic carbocycles. The van der Waals surface area contributed by atoms with Gasteiger partial charge >= 0.3 is 336 Å². The Hall–Kier alpha value is -1.41. The summed E-state index contributed by atoms with van der Waals surface area (Å²) in [6, 6.07) is 18.6. The first-order valence-electron chi connectivity index (χ1n) is 19.7. The molecule has 4 unspecified atom stereocenters. The summed E-state index contributed by atoms with van der Waals surface area (Å²) in [4.78, 5) is 0. The number of benzene rings is 4. The molecule has 0 heterocycles. The molecule has 0 spiro atoms. The second-order valence-corrected chi connectivity index (χ2v) is 73.3. The molecule has 0 bridgehead atoms. The maximum atomic E-state index is 2.63. The summed E-state index contributed by atoms with van der Waals surface area (Å²) < 4.78 is 3.12. The Bertz CT molecular complexity index is 1890. The molecular formula is C48H58Cl2Hf2Si2. The SMILES string of the molecule is Cc1ccc(C)c2c1C=C[CH]2[Hf+]([CH]1C=Cc2c(C)ccc(C)c21)[SiH](C)C.Cc1ccc(C)c2c1C=C[CH]2[Hf+]([CH]1C=Cc2c(C)ccc(C)c21)[SiH](C)C.[Cl-].[Cl-]. The zero-order chi connectivity index (χ0) is 37.2. The normalized spacial score (nSPS) is 19.2. The predicted octanol–water partition coefficient (Wildman–Crippen LogP) is 6.72. The van der Waals surface area contributed by atoms with Gasteiger partial charge in [-0.1, -0.05) is 0 Å². The van der Waals surface area contributed by atoms with E-state index in [0.717, 1.165) is 14.7 Å². The van der Waals surface area contributed by atoms with E-state index in [2.05, 4.69) is 179 Å². The molecule has 4 aliphatic rings. The predicted molar refractivity (Wildman–Crippen MR) is 229 cm³/mol. The molecule has 0 radical (unpaired) electrons. The summed E-state index contributed by atoms with van der Waals surface area (Å²) in [6.07, 6.45) is 20.2. The smallest absolute Gasteiger partial charge is 1.00 e. The van der Waals surface area contributed by atoms with Crippen LogP contribution in [0.25, 0.3) is 24.3 Å². The van der Waals surface area contributed by atoms with E-state index in [1.165, 1.54) is 66.8 Å². The third kappa shape index (κ3) is 7.76. The Morgan fingerprint density at radius 3 is 0.704 bits per heavy atom. The van der Waals surface area contributed by atoms with Gasteiger partial charge in [0.25, 0.3) is 0 Å². The zero-order valence-corrected chi connectivity index (χ0v) is 45.5. The molecule has 0 aromatic heterocycles. The Kier molecular flexibility index (Phi) is 14.3. The second kappa shape index (κ2) is 17.6. The van der Waals surface area contributed by atoms with Crippen molar-refractivity contribution in [3.05, 3.63) is 162 Å². The molecule has 0 nitrogen and oxygen atoms in total. The van der Waals surface area contributed by atoms with Crippen LogP contribution in [0, 0.1) is 55.4 Å². The summed E-state index contributed by atoms with van der Waals surface area (Å²) in [5.41, 5.74) is 24.8.